The Hall–Kier alpha value is -3.36. The lowest BCUT2D eigenvalue weighted by Crippen LogP contribution is -2.41. The summed E-state index contributed by atoms with van der Waals surface area (Å²) in [4.78, 5) is 16.0. The Bertz CT molecular complexity index is 1450. The monoisotopic (exact) mass is 596 g/mol. The molecule has 2 amide bonds. The SMILES string of the molecule is CCCCCCNC(=O)N(CCc1ccc2sc(C(O)CC)cc2c1)Cc1ccc(-c2ccccc2C(F)(F)F)cc1. The Morgan fingerprint density at radius 3 is 2.40 bits per heavy atom. The number of aliphatic hydroxyl groups excluding tert-OH is 1. The molecule has 0 spiro atoms. The van der Waals surface area contributed by atoms with Crippen LogP contribution >= 0.6 is 11.3 Å². The van der Waals surface area contributed by atoms with Crippen molar-refractivity contribution in [2.24, 2.45) is 0 Å². The molecule has 1 aromatic heterocycles. The van der Waals surface area contributed by atoms with E-state index >= 15 is 0 Å². The van der Waals surface area contributed by atoms with Gasteiger partial charge < -0.3 is 15.3 Å². The Balaban J connectivity index is 1.48. The van der Waals surface area contributed by atoms with Crippen molar-refractivity contribution in [2.45, 2.75) is 71.2 Å². The summed E-state index contributed by atoms with van der Waals surface area (Å²) in [6.45, 7) is 5.54. The van der Waals surface area contributed by atoms with Crippen LogP contribution in [0.3, 0.4) is 0 Å². The van der Waals surface area contributed by atoms with Gasteiger partial charge in [0.05, 0.1) is 11.7 Å². The zero-order valence-corrected chi connectivity index (χ0v) is 25.0. The summed E-state index contributed by atoms with van der Waals surface area (Å²) in [5.74, 6) is 0. The van der Waals surface area contributed by atoms with Crippen LogP contribution in [-0.4, -0.2) is 29.1 Å². The predicted octanol–water partition coefficient (Wildman–Crippen LogP) is 9.37. The van der Waals surface area contributed by atoms with Crippen molar-refractivity contribution in [3.63, 3.8) is 0 Å². The standard InChI is InChI=1S/C34H39F3N2O2S/c1-3-5-6-9-19-38-33(41)39(20-18-24-14-17-31-27(21-24)22-32(42-31)30(40)4-2)23-25-12-15-26(16-13-25)28-10-7-8-11-29(28)34(35,36)37/h7-8,10-17,21-22,30,40H,3-6,9,18-20,23H2,1-2H3,(H,38,41). The maximum absolute atomic E-state index is 13.5. The molecule has 4 aromatic rings. The van der Waals surface area contributed by atoms with Gasteiger partial charge in [-0.3, -0.25) is 0 Å². The Kier molecular flexibility index (Phi) is 11.0. The Morgan fingerprint density at radius 2 is 1.69 bits per heavy atom. The molecule has 0 aliphatic heterocycles. The van der Waals surface area contributed by atoms with E-state index in [1.165, 1.54) is 12.1 Å². The number of unbranched alkanes of at least 4 members (excludes halogenated alkanes) is 3. The largest absolute Gasteiger partial charge is 0.417 e. The van der Waals surface area contributed by atoms with Crippen molar-refractivity contribution >= 4 is 27.5 Å². The molecular formula is C34H39F3N2O2S. The highest BCUT2D eigenvalue weighted by molar-refractivity contribution is 7.19. The van der Waals surface area contributed by atoms with Crippen LogP contribution in [-0.2, 0) is 19.1 Å². The van der Waals surface area contributed by atoms with Gasteiger partial charge in [0.1, 0.15) is 0 Å². The summed E-state index contributed by atoms with van der Waals surface area (Å²) in [5.41, 5.74) is 1.89. The van der Waals surface area contributed by atoms with Crippen molar-refractivity contribution < 1.29 is 23.1 Å². The van der Waals surface area contributed by atoms with E-state index in [9.17, 15) is 23.1 Å². The van der Waals surface area contributed by atoms with Crippen molar-refractivity contribution in [3.8, 4) is 11.1 Å². The second-order valence-electron chi connectivity index (χ2n) is 10.6. The van der Waals surface area contributed by atoms with Crippen LogP contribution in [0, 0.1) is 0 Å². The number of benzene rings is 3. The minimum atomic E-state index is -4.44. The first-order valence-electron chi connectivity index (χ1n) is 14.7. The topological polar surface area (TPSA) is 52.6 Å². The van der Waals surface area contributed by atoms with Crippen molar-refractivity contribution in [2.75, 3.05) is 13.1 Å². The number of rotatable bonds is 13. The number of thiophene rings is 1. The molecule has 0 aliphatic rings. The van der Waals surface area contributed by atoms with Crippen molar-refractivity contribution in [1.29, 1.82) is 0 Å². The average molecular weight is 597 g/mol. The number of alkyl halides is 3. The summed E-state index contributed by atoms with van der Waals surface area (Å²) >= 11 is 1.60. The number of halogens is 3. The molecule has 0 aliphatic carbocycles. The van der Waals surface area contributed by atoms with Crippen LogP contribution in [0.1, 0.15) is 73.6 Å². The first kappa shape index (κ1) is 31.6. The van der Waals surface area contributed by atoms with E-state index in [4.69, 9.17) is 0 Å². The van der Waals surface area contributed by atoms with E-state index in [1.807, 2.05) is 13.0 Å². The molecule has 224 valence electrons. The highest BCUT2D eigenvalue weighted by Crippen LogP contribution is 2.37. The van der Waals surface area contributed by atoms with Gasteiger partial charge in [-0.05, 0) is 65.1 Å². The lowest BCUT2D eigenvalue weighted by Gasteiger charge is -2.24. The summed E-state index contributed by atoms with van der Waals surface area (Å²) in [6, 6.07) is 20.7. The molecule has 0 radical (unpaired) electrons. The predicted molar refractivity (Wildman–Crippen MR) is 166 cm³/mol. The number of carbonyl (C=O) groups excluding carboxylic acids is 1. The van der Waals surface area contributed by atoms with Gasteiger partial charge >= 0.3 is 12.2 Å². The molecular weight excluding hydrogens is 557 g/mol. The molecule has 3 aromatic carbocycles. The molecule has 0 saturated heterocycles. The zero-order chi connectivity index (χ0) is 30.1. The van der Waals surface area contributed by atoms with Crippen LogP contribution in [0.2, 0.25) is 0 Å². The lowest BCUT2D eigenvalue weighted by molar-refractivity contribution is -0.137. The molecule has 42 heavy (non-hydrogen) atoms. The molecule has 4 rings (SSSR count). The number of carbonyl (C=O) groups is 1. The molecule has 1 heterocycles. The van der Waals surface area contributed by atoms with Crippen molar-refractivity contribution in [1.82, 2.24) is 10.2 Å². The maximum Gasteiger partial charge on any atom is 0.417 e. The van der Waals surface area contributed by atoms with Crippen LogP contribution in [0.15, 0.2) is 72.8 Å². The summed E-state index contributed by atoms with van der Waals surface area (Å²) in [7, 11) is 0. The number of aliphatic hydroxyl groups is 1. The van der Waals surface area contributed by atoms with E-state index in [1.54, 1.807) is 46.6 Å². The first-order valence-corrected chi connectivity index (χ1v) is 15.5. The fourth-order valence-electron chi connectivity index (χ4n) is 5.00. The maximum atomic E-state index is 13.5. The normalized spacial score (nSPS) is 12.4. The number of hydrogen-bond acceptors (Lipinski definition) is 3. The molecule has 1 unspecified atom stereocenters. The number of fused-ring (bicyclic) bond motifs is 1. The number of amides is 2. The number of urea groups is 1. The van der Waals surface area contributed by atoms with Gasteiger partial charge in [0.2, 0.25) is 0 Å². The van der Waals surface area contributed by atoms with E-state index in [0.29, 0.717) is 38.0 Å². The summed E-state index contributed by atoms with van der Waals surface area (Å²) in [5, 5.41) is 14.4. The number of nitrogens with zero attached hydrogens (tertiary/aromatic N) is 1. The smallest absolute Gasteiger partial charge is 0.388 e. The minimum Gasteiger partial charge on any atom is -0.388 e. The third-order valence-corrected chi connectivity index (χ3v) is 8.67. The lowest BCUT2D eigenvalue weighted by atomic mass is 9.98. The van der Waals surface area contributed by atoms with Crippen molar-refractivity contribution in [3.05, 3.63) is 94.4 Å². The third-order valence-electron chi connectivity index (χ3n) is 7.45. The number of nitrogens with one attached hydrogen (secondary N) is 1. The van der Waals surface area contributed by atoms with Gasteiger partial charge in [-0.15, -0.1) is 11.3 Å². The van der Waals surface area contributed by atoms with E-state index in [2.05, 4.69) is 30.4 Å². The molecule has 8 heteroatoms. The van der Waals surface area contributed by atoms with Gasteiger partial charge in [-0.25, -0.2) is 4.79 Å². The second kappa shape index (κ2) is 14.7. The van der Waals surface area contributed by atoms with Gasteiger partial charge in [0, 0.05) is 29.2 Å². The quantitative estimate of drug-likeness (QED) is 0.151. The fourth-order valence-corrected chi connectivity index (χ4v) is 6.12. The second-order valence-corrected chi connectivity index (χ2v) is 11.8. The van der Waals surface area contributed by atoms with Crippen LogP contribution in [0.4, 0.5) is 18.0 Å². The fraction of sp³-hybridized carbons (Fsp3) is 0.382. The molecule has 4 nitrogen and oxygen atoms in total. The van der Waals surface area contributed by atoms with Crippen LogP contribution in [0.5, 0.6) is 0 Å². The average Bonchev–Trinajstić information content (AvgIpc) is 3.42. The Labute approximate surface area is 250 Å². The van der Waals surface area contributed by atoms with Gasteiger partial charge in [0.25, 0.3) is 0 Å². The van der Waals surface area contributed by atoms with Crippen LogP contribution < -0.4 is 5.32 Å². The first-order chi connectivity index (χ1) is 20.2. The van der Waals surface area contributed by atoms with Gasteiger partial charge in [0.15, 0.2) is 0 Å². The van der Waals surface area contributed by atoms with Gasteiger partial charge in [-0.1, -0.05) is 87.7 Å². The van der Waals surface area contributed by atoms with Crippen LogP contribution in [0.25, 0.3) is 21.2 Å². The number of hydrogen-bond donors (Lipinski definition) is 2. The summed E-state index contributed by atoms with van der Waals surface area (Å²) < 4.78 is 41.8. The molecule has 1 atom stereocenters. The van der Waals surface area contributed by atoms with Gasteiger partial charge in [-0.2, -0.15) is 13.2 Å². The molecule has 0 bridgehead atoms. The highest BCUT2D eigenvalue weighted by atomic mass is 32.1. The molecule has 2 N–H and O–H groups in total. The Morgan fingerprint density at radius 1 is 0.952 bits per heavy atom. The highest BCUT2D eigenvalue weighted by Gasteiger charge is 2.33. The third kappa shape index (κ3) is 8.35. The molecule has 0 saturated carbocycles. The summed E-state index contributed by atoms with van der Waals surface area (Å²) in [6.07, 6.45) is 0.646. The molecule has 0 fully saturated rings. The minimum absolute atomic E-state index is 0.136. The van der Waals surface area contributed by atoms with E-state index < -0.39 is 17.8 Å². The zero-order valence-electron chi connectivity index (χ0n) is 24.2. The van der Waals surface area contributed by atoms with E-state index in [-0.39, 0.29) is 11.6 Å². The van der Waals surface area contributed by atoms with E-state index in [0.717, 1.165) is 57.8 Å².